The molecular weight excluding hydrogens is 258 g/mol. The predicted octanol–water partition coefficient (Wildman–Crippen LogP) is 2.85. The molecule has 8 heteroatoms. The van der Waals surface area contributed by atoms with Gasteiger partial charge in [-0.15, -0.1) is 0 Å². The van der Waals surface area contributed by atoms with Crippen molar-refractivity contribution in [1.29, 1.82) is 0 Å². The standard InChI is InChI=1S/C4H3BrF6O/c1-12-2(5,3(6,7)8)4(9,10)11/h1H3. The van der Waals surface area contributed by atoms with Crippen molar-refractivity contribution in [3.8, 4) is 0 Å². The zero-order chi connectivity index (χ0) is 10.2. The number of hydrogen-bond donors (Lipinski definition) is 0. The fourth-order valence-corrected chi connectivity index (χ4v) is 0.392. The summed E-state index contributed by atoms with van der Waals surface area (Å²) < 4.78 is 69.3. The van der Waals surface area contributed by atoms with E-state index in [1.807, 2.05) is 0 Å². The third-order valence-corrected chi connectivity index (χ3v) is 2.23. The quantitative estimate of drug-likeness (QED) is 0.521. The first kappa shape index (κ1) is 12.0. The second-order valence-electron chi connectivity index (χ2n) is 1.79. The number of hydrogen-bond acceptors (Lipinski definition) is 1. The molecule has 0 atom stereocenters. The van der Waals surface area contributed by atoms with Gasteiger partial charge in [-0.1, -0.05) is 0 Å². The Morgan fingerprint density at radius 3 is 1.17 bits per heavy atom. The normalized spacial score (nSPS) is 15.0. The van der Waals surface area contributed by atoms with E-state index in [9.17, 15) is 26.3 Å². The van der Waals surface area contributed by atoms with Crippen LogP contribution in [-0.2, 0) is 4.74 Å². The lowest BCUT2D eigenvalue weighted by Gasteiger charge is -2.30. The summed E-state index contributed by atoms with van der Waals surface area (Å²) in [5.41, 5.74) is 0. The van der Waals surface area contributed by atoms with Crippen molar-refractivity contribution in [2.45, 2.75) is 16.9 Å². The molecule has 0 aromatic carbocycles. The van der Waals surface area contributed by atoms with Gasteiger partial charge < -0.3 is 4.74 Å². The SMILES string of the molecule is COC(Br)(C(F)(F)F)C(F)(F)F. The zero-order valence-corrected chi connectivity index (χ0v) is 7.14. The van der Waals surface area contributed by atoms with E-state index in [1.165, 1.54) is 15.9 Å². The molecule has 0 unspecified atom stereocenters. The van der Waals surface area contributed by atoms with Crippen LogP contribution in [0.4, 0.5) is 26.3 Å². The van der Waals surface area contributed by atoms with Crippen molar-refractivity contribution < 1.29 is 31.1 Å². The first-order chi connectivity index (χ1) is 5.06. The number of ether oxygens (including phenoxy) is 1. The van der Waals surface area contributed by atoms with Gasteiger partial charge in [-0.25, -0.2) is 0 Å². The van der Waals surface area contributed by atoms with Crippen LogP contribution in [0.25, 0.3) is 0 Å². The molecule has 0 aromatic rings. The Hall–Kier alpha value is 0.0200. The zero-order valence-electron chi connectivity index (χ0n) is 5.55. The molecule has 0 aliphatic carbocycles. The molecule has 0 N–H and O–H groups in total. The maximum absolute atomic E-state index is 11.7. The fraction of sp³-hybridized carbons (Fsp3) is 1.00. The predicted molar refractivity (Wildman–Crippen MR) is 30.8 cm³/mol. The minimum Gasteiger partial charge on any atom is -0.351 e. The lowest BCUT2D eigenvalue weighted by atomic mass is 10.3. The highest BCUT2D eigenvalue weighted by Crippen LogP contribution is 2.49. The van der Waals surface area contributed by atoms with Crippen LogP contribution in [0.2, 0.25) is 0 Å². The van der Waals surface area contributed by atoms with Crippen molar-refractivity contribution in [1.82, 2.24) is 0 Å². The monoisotopic (exact) mass is 260 g/mol. The molecule has 0 rings (SSSR count). The first-order valence-corrected chi connectivity index (χ1v) is 3.23. The largest absolute Gasteiger partial charge is 0.436 e. The highest BCUT2D eigenvalue weighted by atomic mass is 79.9. The van der Waals surface area contributed by atoms with Crippen LogP contribution in [0.15, 0.2) is 0 Å². The van der Waals surface area contributed by atoms with Crippen LogP contribution in [0.1, 0.15) is 0 Å². The molecule has 1 nitrogen and oxygen atoms in total. The molecular formula is C4H3BrF6O. The van der Waals surface area contributed by atoms with Gasteiger partial charge in [0.15, 0.2) is 0 Å². The van der Waals surface area contributed by atoms with Crippen molar-refractivity contribution in [2.24, 2.45) is 0 Å². The van der Waals surface area contributed by atoms with Gasteiger partial charge in [0.05, 0.1) is 0 Å². The Labute approximate surface area is 71.8 Å². The Balaban J connectivity index is 4.95. The third-order valence-electron chi connectivity index (χ3n) is 1.01. The summed E-state index contributed by atoms with van der Waals surface area (Å²) in [5, 5.41) is 0. The maximum Gasteiger partial charge on any atom is 0.436 e. The van der Waals surface area contributed by atoms with E-state index in [0.717, 1.165) is 0 Å². The van der Waals surface area contributed by atoms with Gasteiger partial charge in [0, 0.05) is 7.11 Å². The summed E-state index contributed by atoms with van der Waals surface area (Å²) in [6.45, 7) is 0. The summed E-state index contributed by atoms with van der Waals surface area (Å²) in [5.74, 6) is 0. The first-order valence-electron chi connectivity index (χ1n) is 2.44. The smallest absolute Gasteiger partial charge is 0.351 e. The second-order valence-corrected chi connectivity index (χ2v) is 2.91. The molecule has 12 heavy (non-hydrogen) atoms. The van der Waals surface area contributed by atoms with Crippen LogP contribution in [0.3, 0.4) is 0 Å². The second kappa shape index (κ2) is 3.06. The van der Waals surface area contributed by atoms with E-state index in [4.69, 9.17) is 0 Å². The molecule has 0 aromatic heterocycles. The molecule has 0 fully saturated rings. The lowest BCUT2D eigenvalue weighted by Crippen LogP contribution is -2.53. The molecule has 74 valence electrons. The summed E-state index contributed by atoms with van der Waals surface area (Å²) in [6, 6.07) is 0. The molecule has 0 saturated heterocycles. The van der Waals surface area contributed by atoms with Crippen LogP contribution in [0, 0.1) is 0 Å². The molecule has 0 aliphatic heterocycles. The lowest BCUT2D eigenvalue weighted by molar-refractivity contribution is -0.330. The molecule has 0 radical (unpaired) electrons. The van der Waals surface area contributed by atoms with Gasteiger partial charge in [0.2, 0.25) is 0 Å². The van der Waals surface area contributed by atoms with Gasteiger partial charge in [0.1, 0.15) is 0 Å². The topological polar surface area (TPSA) is 9.23 Å². The third kappa shape index (κ3) is 1.85. The van der Waals surface area contributed by atoms with Crippen molar-refractivity contribution in [3.05, 3.63) is 0 Å². The minimum absolute atomic E-state index is 0.315. The van der Waals surface area contributed by atoms with Crippen LogP contribution < -0.4 is 0 Å². The Morgan fingerprint density at radius 2 is 1.17 bits per heavy atom. The highest BCUT2D eigenvalue weighted by Gasteiger charge is 2.70. The van der Waals surface area contributed by atoms with Crippen molar-refractivity contribution in [3.63, 3.8) is 0 Å². The van der Waals surface area contributed by atoms with E-state index < -0.39 is 16.9 Å². The molecule has 0 spiro atoms. The Kier molecular flexibility index (Phi) is 3.06. The van der Waals surface area contributed by atoms with Gasteiger partial charge in [-0.3, -0.25) is 0 Å². The molecule has 0 amide bonds. The van der Waals surface area contributed by atoms with Crippen LogP contribution in [-0.4, -0.2) is 24.0 Å². The minimum atomic E-state index is -5.54. The molecule has 0 saturated carbocycles. The van der Waals surface area contributed by atoms with Crippen LogP contribution in [0.5, 0.6) is 0 Å². The molecule has 0 bridgehead atoms. The Morgan fingerprint density at radius 1 is 0.917 bits per heavy atom. The average Bonchev–Trinajstić information content (AvgIpc) is 1.81. The average molecular weight is 261 g/mol. The van der Waals surface area contributed by atoms with Crippen LogP contribution >= 0.6 is 15.9 Å². The van der Waals surface area contributed by atoms with E-state index in [1.54, 1.807) is 0 Å². The summed E-state index contributed by atoms with van der Waals surface area (Å²) in [6.07, 6.45) is -11.1. The number of rotatable bonds is 1. The van der Waals surface area contributed by atoms with Gasteiger partial charge >= 0.3 is 16.9 Å². The summed E-state index contributed by atoms with van der Waals surface area (Å²) in [4.78, 5) is 0. The van der Waals surface area contributed by atoms with Gasteiger partial charge in [-0.05, 0) is 15.9 Å². The van der Waals surface area contributed by atoms with E-state index in [-0.39, 0.29) is 0 Å². The van der Waals surface area contributed by atoms with E-state index in [2.05, 4.69) is 4.74 Å². The molecule has 0 heterocycles. The number of methoxy groups -OCH3 is 1. The van der Waals surface area contributed by atoms with Gasteiger partial charge in [-0.2, -0.15) is 26.3 Å². The number of halogens is 7. The summed E-state index contributed by atoms with van der Waals surface area (Å²) >= 11 is 1.45. The van der Waals surface area contributed by atoms with Crippen molar-refractivity contribution in [2.75, 3.05) is 7.11 Å². The van der Waals surface area contributed by atoms with Crippen molar-refractivity contribution >= 4 is 15.9 Å². The van der Waals surface area contributed by atoms with E-state index >= 15 is 0 Å². The molecule has 0 aliphatic rings. The number of alkyl halides is 7. The van der Waals surface area contributed by atoms with Gasteiger partial charge in [0.25, 0.3) is 0 Å². The van der Waals surface area contributed by atoms with E-state index in [0.29, 0.717) is 7.11 Å². The Bertz CT molecular complexity index is 146. The fourth-order valence-electron chi connectivity index (χ4n) is 0.392. The maximum atomic E-state index is 11.7. The highest BCUT2D eigenvalue weighted by molar-refractivity contribution is 9.10. The summed E-state index contributed by atoms with van der Waals surface area (Å²) in [7, 11) is 0.315.